The van der Waals surface area contributed by atoms with Gasteiger partial charge in [-0.15, -0.1) is 16.4 Å². The molecule has 20 heavy (non-hydrogen) atoms. The van der Waals surface area contributed by atoms with Gasteiger partial charge >= 0.3 is 5.97 Å². The standard InChI is InChI=1S/C10H14N6O2S2/c1-2-18-9(17)8-12-7(5-19-8)6-20-10-13-14-15-16(10)4-3-11/h5H,2-4,6,11H2,1H3. The minimum absolute atomic E-state index is 0.344. The highest BCUT2D eigenvalue weighted by Crippen LogP contribution is 2.21. The van der Waals surface area contributed by atoms with E-state index in [0.717, 1.165) is 5.69 Å². The minimum atomic E-state index is -0.387. The van der Waals surface area contributed by atoms with Crippen LogP contribution in [0.4, 0.5) is 0 Å². The van der Waals surface area contributed by atoms with E-state index in [9.17, 15) is 4.79 Å². The van der Waals surface area contributed by atoms with E-state index in [1.807, 2.05) is 5.38 Å². The van der Waals surface area contributed by atoms with Gasteiger partial charge in [-0.25, -0.2) is 14.5 Å². The maximum Gasteiger partial charge on any atom is 0.367 e. The van der Waals surface area contributed by atoms with E-state index in [1.54, 1.807) is 11.6 Å². The molecule has 0 aromatic carbocycles. The predicted molar refractivity (Wildman–Crippen MR) is 74.5 cm³/mol. The van der Waals surface area contributed by atoms with Crippen molar-refractivity contribution in [3.63, 3.8) is 0 Å². The van der Waals surface area contributed by atoms with Crippen LogP contribution in [0, 0.1) is 0 Å². The summed E-state index contributed by atoms with van der Waals surface area (Å²) in [7, 11) is 0. The largest absolute Gasteiger partial charge is 0.461 e. The Hall–Kier alpha value is -1.52. The second-order valence-corrected chi connectivity index (χ2v) is 5.43. The SMILES string of the molecule is CCOC(=O)c1nc(CSc2nnnn2CCN)cs1. The number of nitrogens with two attached hydrogens (primary N) is 1. The lowest BCUT2D eigenvalue weighted by atomic mass is 10.6. The van der Waals surface area contributed by atoms with Gasteiger partial charge in [0.2, 0.25) is 10.2 Å². The number of nitrogens with zero attached hydrogens (tertiary/aromatic N) is 5. The van der Waals surface area contributed by atoms with Crippen LogP contribution in [0.15, 0.2) is 10.5 Å². The van der Waals surface area contributed by atoms with Gasteiger partial charge in [0, 0.05) is 17.7 Å². The molecule has 2 heterocycles. The van der Waals surface area contributed by atoms with Gasteiger partial charge in [0.15, 0.2) is 0 Å². The lowest BCUT2D eigenvalue weighted by molar-refractivity contribution is 0.0525. The number of carbonyl (C=O) groups is 1. The first-order valence-corrected chi connectivity index (χ1v) is 7.81. The molecule has 10 heteroatoms. The summed E-state index contributed by atoms with van der Waals surface area (Å²) in [6, 6.07) is 0. The van der Waals surface area contributed by atoms with E-state index in [2.05, 4.69) is 20.5 Å². The van der Waals surface area contributed by atoms with Crippen molar-refractivity contribution in [2.45, 2.75) is 24.4 Å². The number of tetrazole rings is 1. The topological polar surface area (TPSA) is 109 Å². The van der Waals surface area contributed by atoms with Crippen molar-refractivity contribution in [1.82, 2.24) is 25.2 Å². The van der Waals surface area contributed by atoms with E-state index in [4.69, 9.17) is 10.5 Å². The Bertz CT molecular complexity index is 570. The van der Waals surface area contributed by atoms with Crippen molar-refractivity contribution in [2.75, 3.05) is 13.2 Å². The third-order valence-corrected chi connectivity index (χ3v) is 4.05. The second-order valence-electron chi connectivity index (χ2n) is 3.63. The quantitative estimate of drug-likeness (QED) is 0.583. The van der Waals surface area contributed by atoms with Crippen molar-refractivity contribution >= 4 is 29.1 Å². The smallest absolute Gasteiger partial charge is 0.367 e. The van der Waals surface area contributed by atoms with Gasteiger partial charge < -0.3 is 10.5 Å². The monoisotopic (exact) mass is 314 g/mol. The van der Waals surface area contributed by atoms with Crippen LogP contribution in [0.25, 0.3) is 0 Å². The molecule has 0 saturated heterocycles. The number of carbonyl (C=O) groups excluding carboxylic acids is 1. The van der Waals surface area contributed by atoms with Gasteiger partial charge in [-0.05, 0) is 17.4 Å². The van der Waals surface area contributed by atoms with Crippen LogP contribution in [0.2, 0.25) is 0 Å². The molecular weight excluding hydrogens is 300 g/mol. The number of rotatable bonds is 7. The fourth-order valence-electron chi connectivity index (χ4n) is 1.36. The Morgan fingerprint density at radius 3 is 3.20 bits per heavy atom. The Balaban J connectivity index is 1.94. The van der Waals surface area contributed by atoms with Crippen molar-refractivity contribution < 1.29 is 9.53 Å². The maximum absolute atomic E-state index is 11.5. The summed E-state index contributed by atoms with van der Waals surface area (Å²) in [6.45, 7) is 3.15. The molecule has 0 atom stereocenters. The molecule has 0 saturated carbocycles. The molecule has 0 aliphatic carbocycles. The van der Waals surface area contributed by atoms with Crippen LogP contribution < -0.4 is 5.73 Å². The molecule has 2 rings (SSSR count). The first kappa shape index (κ1) is 14.9. The van der Waals surface area contributed by atoms with Gasteiger partial charge in [0.05, 0.1) is 18.8 Å². The number of esters is 1. The summed E-state index contributed by atoms with van der Waals surface area (Å²) in [5.41, 5.74) is 6.27. The Morgan fingerprint density at radius 2 is 2.45 bits per heavy atom. The molecule has 0 radical (unpaired) electrons. The first-order valence-electron chi connectivity index (χ1n) is 5.95. The third kappa shape index (κ3) is 3.74. The van der Waals surface area contributed by atoms with Crippen LogP contribution in [0.3, 0.4) is 0 Å². The molecule has 0 amide bonds. The van der Waals surface area contributed by atoms with E-state index in [-0.39, 0.29) is 5.97 Å². The molecule has 0 spiro atoms. The maximum atomic E-state index is 11.5. The van der Waals surface area contributed by atoms with Crippen molar-refractivity contribution in [3.05, 3.63) is 16.1 Å². The lowest BCUT2D eigenvalue weighted by Gasteiger charge is -2.00. The third-order valence-electron chi connectivity index (χ3n) is 2.19. The molecule has 0 aliphatic rings. The summed E-state index contributed by atoms with van der Waals surface area (Å²) in [5, 5.41) is 14.2. The average Bonchev–Trinajstić information content (AvgIpc) is 3.06. The van der Waals surface area contributed by atoms with Crippen LogP contribution in [-0.4, -0.2) is 44.3 Å². The number of aromatic nitrogens is 5. The summed E-state index contributed by atoms with van der Waals surface area (Å²) < 4.78 is 6.54. The van der Waals surface area contributed by atoms with Crippen molar-refractivity contribution in [1.29, 1.82) is 0 Å². The predicted octanol–water partition coefficient (Wildman–Crippen LogP) is 0.557. The zero-order valence-electron chi connectivity index (χ0n) is 10.9. The fraction of sp³-hybridized carbons (Fsp3) is 0.500. The number of thiazole rings is 1. The summed E-state index contributed by atoms with van der Waals surface area (Å²) >= 11 is 2.72. The van der Waals surface area contributed by atoms with Crippen LogP contribution in [0.5, 0.6) is 0 Å². The summed E-state index contributed by atoms with van der Waals surface area (Å²) in [5.74, 6) is 0.197. The normalized spacial score (nSPS) is 10.7. The number of thioether (sulfide) groups is 1. The average molecular weight is 314 g/mol. The highest BCUT2D eigenvalue weighted by molar-refractivity contribution is 7.98. The summed E-state index contributed by atoms with van der Waals surface area (Å²) in [4.78, 5) is 15.7. The molecule has 0 aliphatic heterocycles. The van der Waals surface area contributed by atoms with Crippen LogP contribution in [0.1, 0.15) is 22.4 Å². The molecule has 2 aromatic heterocycles. The Morgan fingerprint density at radius 1 is 1.60 bits per heavy atom. The van der Waals surface area contributed by atoms with E-state index >= 15 is 0 Å². The van der Waals surface area contributed by atoms with Gasteiger partial charge in [0.1, 0.15) is 0 Å². The second kappa shape index (κ2) is 7.31. The van der Waals surface area contributed by atoms with Gasteiger partial charge in [-0.1, -0.05) is 11.8 Å². The summed E-state index contributed by atoms with van der Waals surface area (Å²) in [6.07, 6.45) is 0. The fourth-order valence-corrected chi connectivity index (χ4v) is 2.97. The van der Waals surface area contributed by atoms with Gasteiger partial charge in [-0.3, -0.25) is 0 Å². The van der Waals surface area contributed by atoms with E-state index in [0.29, 0.717) is 35.6 Å². The van der Waals surface area contributed by atoms with Crippen molar-refractivity contribution in [3.8, 4) is 0 Å². The van der Waals surface area contributed by atoms with Gasteiger partial charge in [-0.2, -0.15) is 0 Å². The molecule has 8 nitrogen and oxygen atoms in total. The first-order chi connectivity index (χ1) is 9.74. The molecular formula is C10H14N6O2S2. The number of ether oxygens (including phenoxy) is 1. The van der Waals surface area contributed by atoms with E-state index < -0.39 is 0 Å². The zero-order valence-corrected chi connectivity index (χ0v) is 12.5. The Labute approximate surface area is 123 Å². The van der Waals surface area contributed by atoms with Crippen LogP contribution in [-0.2, 0) is 17.0 Å². The minimum Gasteiger partial charge on any atom is -0.461 e. The van der Waals surface area contributed by atoms with E-state index in [1.165, 1.54) is 23.1 Å². The number of hydrogen-bond donors (Lipinski definition) is 1. The Kier molecular flexibility index (Phi) is 5.44. The van der Waals surface area contributed by atoms with Crippen LogP contribution >= 0.6 is 23.1 Å². The molecule has 2 aromatic rings. The number of hydrogen-bond acceptors (Lipinski definition) is 9. The highest BCUT2D eigenvalue weighted by atomic mass is 32.2. The highest BCUT2D eigenvalue weighted by Gasteiger charge is 2.13. The zero-order chi connectivity index (χ0) is 14.4. The molecule has 108 valence electrons. The van der Waals surface area contributed by atoms with Gasteiger partial charge in [0.25, 0.3) is 0 Å². The molecule has 0 unspecified atom stereocenters. The van der Waals surface area contributed by atoms with Crippen molar-refractivity contribution in [2.24, 2.45) is 5.73 Å². The molecule has 0 fully saturated rings. The lowest BCUT2D eigenvalue weighted by Crippen LogP contribution is -2.12. The molecule has 2 N–H and O–H groups in total. The molecule has 0 bridgehead atoms.